The molecule has 1 aliphatic heterocycles. The van der Waals surface area contributed by atoms with Crippen LogP contribution in [0.25, 0.3) is 0 Å². The highest BCUT2D eigenvalue weighted by atomic mass is 35.5. The molecule has 0 radical (unpaired) electrons. The quantitative estimate of drug-likeness (QED) is 0.748. The first-order chi connectivity index (χ1) is 13.3. The van der Waals surface area contributed by atoms with Crippen molar-refractivity contribution in [2.45, 2.75) is 6.42 Å². The first-order valence-corrected chi connectivity index (χ1v) is 9.16. The Hall–Kier alpha value is -2.77. The van der Waals surface area contributed by atoms with E-state index < -0.39 is 11.8 Å². The van der Waals surface area contributed by atoms with Crippen LogP contribution in [0.15, 0.2) is 42.5 Å². The molecule has 1 atom stereocenters. The fourth-order valence-electron chi connectivity index (χ4n) is 2.84. The van der Waals surface area contributed by atoms with Gasteiger partial charge in [0.05, 0.1) is 5.92 Å². The van der Waals surface area contributed by atoms with Gasteiger partial charge in [0.25, 0.3) is 5.91 Å². The molecule has 28 heavy (non-hydrogen) atoms. The summed E-state index contributed by atoms with van der Waals surface area (Å²) in [5.41, 5.74) is 6.38. The molecule has 0 bridgehead atoms. The molecule has 9 heteroatoms. The Bertz CT molecular complexity index is 898. The number of primary amides is 1. The summed E-state index contributed by atoms with van der Waals surface area (Å²) in [6.07, 6.45) is 0.112. The van der Waals surface area contributed by atoms with Crippen molar-refractivity contribution in [2.75, 3.05) is 23.4 Å². The average molecular weight is 422 g/mol. The fourth-order valence-corrected chi connectivity index (χ4v) is 3.37. The summed E-state index contributed by atoms with van der Waals surface area (Å²) in [6, 6.07) is 11.4. The van der Waals surface area contributed by atoms with Crippen LogP contribution in [0, 0.1) is 5.92 Å². The number of halogens is 2. The maximum atomic E-state index is 12.0. The summed E-state index contributed by atoms with van der Waals surface area (Å²) in [6.45, 7) is 0.0504. The molecule has 2 aromatic carbocycles. The molecule has 0 unspecified atom stereocenters. The van der Waals surface area contributed by atoms with E-state index in [-0.39, 0.29) is 31.4 Å². The minimum Gasteiger partial charge on any atom is -0.484 e. The maximum Gasteiger partial charge on any atom is 0.262 e. The number of nitrogens with zero attached hydrogens (tertiary/aromatic N) is 1. The van der Waals surface area contributed by atoms with Gasteiger partial charge in [-0.2, -0.15) is 0 Å². The number of anilines is 2. The largest absolute Gasteiger partial charge is 0.484 e. The summed E-state index contributed by atoms with van der Waals surface area (Å²) >= 11 is 11.8. The summed E-state index contributed by atoms with van der Waals surface area (Å²) in [7, 11) is 0. The van der Waals surface area contributed by atoms with Crippen molar-refractivity contribution in [1.82, 2.24) is 0 Å². The molecule has 1 aliphatic rings. The minimum absolute atomic E-state index is 0.112. The Morgan fingerprint density at radius 1 is 1.14 bits per heavy atom. The first-order valence-electron chi connectivity index (χ1n) is 8.40. The SMILES string of the molecule is NC(=O)[C@H]1CC(=O)N(c2ccc(OCC(=O)Nc3cc(Cl)cc(Cl)c3)cc2)C1. The van der Waals surface area contributed by atoms with Crippen LogP contribution in [0.2, 0.25) is 10.0 Å². The van der Waals surface area contributed by atoms with Gasteiger partial charge in [-0.25, -0.2) is 0 Å². The zero-order valence-electron chi connectivity index (χ0n) is 14.7. The van der Waals surface area contributed by atoms with E-state index in [1.165, 1.54) is 4.90 Å². The predicted molar refractivity (Wildman–Crippen MR) is 107 cm³/mol. The number of carbonyl (C=O) groups is 3. The van der Waals surface area contributed by atoms with Crippen molar-refractivity contribution < 1.29 is 19.1 Å². The van der Waals surface area contributed by atoms with Crippen LogP contribution < -0.4 is 20.7 Å². The lowest BCUT2D eigenvalue weighted by atomic mass is 10.1. The van der Waals surface area contributed by atoms with Crippen molar-refractivity contribution in [1.29, 1.82) is 0 Å². The number of rotatable bonds is 6. The lowest BCUT2D eigenvalue weighted by Gasteiger charge is -2.16. The van der Waals surface area contributed by atoms with Crippen molar-refractivity contribution in [3.63, 3.8) is 0 Å². The van der Waals surface area contributed by atoms with Crippen molar-refractivity contribution in [3.05, 3.63) is 52.5 Å². The van der Waals surface area contributed by atoms with Crippen LogP contribution >= 0.6 is 23.2 Å². The lowest BCUT2D eigenvalue weighted by Crippen LogP contribution is -2.28. The highest BCUT2D eigenvalue weighted by molar-refractivity contribution is 6.35. The highest BCUT2D eigenvalue weighted by Gasteiger charge is 2.33. The van der Waals surface area contributed by atoms with Gasteiger partial charge in [-0.3, -0.25) is 14.4 Å². The van der Waals surface area contributed by atoms with Crippen LogP contribution in [0.5, 0.6) is 5.75 Å². The molecule has 7 nitrogen and oxygen atoms in total. The summed E-state index contributed by atoms with van der Waals surface area (Å²) in [5, 5.41) is 3.46. The number of nitrogens with two attached hydrogens (primary N) is 1. The van der Waals surface area contributed by atoms with Crippen molar-refractivity contribution in [2.24, 2.45) is 11.7 Å². The zero-order chi connectivity index (χ0) is 20.3. The molecule has 0 saturated carbocycles. The molecule has 1 heterocycles. The zero-order valence-corrected chi connectivity index (χ0v) is 16.2. The van der Waals surface area contributed by atoms with Crippen LogP contribution in [-0.2, 0) is 14.4 Å². The van der Waals surface area contributed by atoms with Gasteiger partial charge in [0, 0.05) is 34.4 Å². The molecule has 3 N–H and O–H groups in total. The molecule has 146 valence electrons. The molecular weight excluding hydrogens is 405 g/mol. The Labute approximate surface area is 171 Å². The van der Waals surface area contributed by atoms with Crippen LogP contribution in [-0.4, -0.2) is 30.9 Å². The van der Waals surface area contributed by atoms with E-state index in [1.807, 2.05) is 0 Å². The average Bonchev–Trinajstić information content (AvgIpc) is 3.02. The van der Waals surface area contributed by atoms with E-state index in [2.05, 4.69) is 5.32 Å². The van der Waals surface area contributed by atoms with Crippen LogP contribution in [0.4, 0.5) is 11.4 Å². The molecule has 3 rings (SSSR count). The number of carbonyl (C=O) groups excluding carboxylic acids is 3. The van der Waals surface area contributed by atoms with Gasteiger partial charge >= 0.3 is 0 Å². The van der Waals surface area contributed by atoms with Crippen LogP contribution in [0.1, 0.15) is 6.42 Å². The normalized spacial score (nSPS) is 16.1. The van der Waals surface area contributed by atoms with Gasteiger partial charge in [0.1, 0.15) is 5.75 Å². The van der Waals surface area contributed by atoms with E-state index in [9.17, 15) is 14.4 Å². The second-order valence-electron chi connectivity index (χ2n) is 6.30. The van der Waals surface area contributed by atoms with Gasteiger partial charge in [-0.1, -0.05) is 23.2 Å². The van der Waals surface area contributed by atoms with Crippen molar-refractivity contribution in [3.8, 4) is 5.75 Å². The third-order valence-corrected chi connectivity index (χ3v) is 4.63. The molecule has 3 amide bonds. The van der Waals surface area contributed by atoms with Gasteiger partial charge in [-0.15, -0.1) is 0 Å². The molecule has 0 aliphatic carbocycles. The summed E-state index contributed by atoms with van der Waals surface area (Å²) in [4.78, 5) is 36.8. The van der Waals surface area contributed by atoms with E-state index in [1.54, 1.807) is 42.5 Å². The molecule has 1 saturated heterocycles. The second-order valence-corrected chi connectivity index (χ2v) is 7.17. The van der Waals surface area contributed by atoms with Gasteiger partial charge < -0.3 is 20.7 Å². The monoisotopic (exact) mass is 421 g/mol. The maximum absolute atomic E-state index is 12.0. The number of hydrogen-bond acceptors (Lipinski definition) is 4. The highest BCUT2D eigenvalue weighted by Crippen LogP contribution is 2.27. The Morgan fingerprint density at radius 2 is 1.79 bits per heavy atom. The van der Waals surface area contributed by atoms with Gasteiger partial charge in [-0.05, 0) is 42.5 Å². The molecular formula is C19H17Cl2N3O4. The van der Waals surface area contributed by atoms with E-state index in [4.69, 9.17) is 33.7 Å². The topological polar surface area (TPSA) is 102 Å². The Balaban J connectivity index is 1.55. The molecule has 0 aromatic heterocycles. The van der Waals surface area contributed by atoms with E-state index in [0.717, 1.165) is 0 Å². The molecule has 2 aromatic rings. The number of nitrogens with one attached hydrogen (secondary N) is 1. The Kier molecular flexibility index (Phi) is 6.06. The Morgan fingerprint density at radius 3 is 2.36 bits per heavy atom. The van der Waals surface area contributed by atoms with E-state index >= 15 is 0 Å². The standard InChI is InChI=1S/C19H17Cl2N3O4/c20-12-6-13(21)8-14(7-12)23-17(25)10-28-16-3-1-15(2-4-16)24-9-11(19(22)27)5-18(24)26/h1-4,6-8,11H,5,9-10H2,(H2,22,27)(H,23,25)/t11-/m0/s1. The smallest absolute Gasteiger partial charge is 0.262 e. The number of benzene rings is 2. The van der Waals surface area contributed by atoms with Crippen LogP contribution in [0.3, 0.4) is 0 Å². The number of hydrogen-bond donors (Lipinski definition) is 2. The summed E-state index contributed by atoms with van der Waals surface area (Å²) < 4.78 is 5.45. The first kappa shape index (κ1) is 20.0. The van der Waals surface area contributed by atoms with Gasteiger partial charge in [0.2, 0.25) is 11.8 Å². The second kappa shape index (κ2) is 8.50. The van der Waals surface area contributed by atoms with Crippen molar-refractivity contribution >= 4 is 52.3 Å². The third-order valence-electron chi connectivity index (χ3n) is 4.19. The third kappa shape index (κ3) is 4.94. The lowest BCUT2D eigenvalue weighted by molar-refractivity contribution is -0.123. The summed E-state index contributed by atoms with van der Waals surface area (Å²) in [5.74, 6) is -1.03. The number of ether oxygens (including phenoxy) is 1. The minimum atomic E-state index is -0.484. The molecule has 0 spiro atoms. The van der Waals surface area contributed by atoms with E-state index in [0.29, 0.717) is 27.2 Å². The molecule has 1 fully saturated rings. The fraction of sp³-hybridized carbons (Fsp3) is 0.211. The number of amides is 3. The van der Waals surface area contributed by atoms with Gasteiger partial charge in [0.15, 0.2) is 6.61 Å². The predicted octanol–water partition coefficient (Wildman–Crippen LogP) is 2.85.